The van der Waals surface area contributed by atoms with E-state index in [0.717, 1.165) is 36.5 Å². The summed E-state index contributed by atoms with van der Waals surface area (Å²) in [4.78, 5) is 11.8. The monoisotopic (exact) mass is 318 g/mol. The fraction of sp³-hybridized carbons (Fsp3) is 0.864. The van der Waals surface area contributed by atoms with Gasteiger partial charge in [-0.3, -0.25) is 4.79 Å². The van der Waals surface area contributed by atoms with Crippen LogP contribution in [0.3, 0.4) is 0 Å². The summed E-state index contributed by atoms with van der Waals surface area (Å²) >= 11 is 0. The number of fused-ring (bicyclic) bond motifs is 3. The van der Waals surface area contributed by atoms with Crippen LogP contribution in [0.1, 0.15) is 86.4 Å². The minimum absolute atomic E-state index is 0. The summed E-state index contributed by atoms with van der Waals surface area (Å²) in [5, 5.41) is 0. The van der Waals surface area contributed by atoms with Gasteiger partial charge in [-0.15, -0.1) is 0 Å². The van der Waals surface area contributed by atoms with Crippen LogP contribution in [0.5, 0.6) is 0 Å². The topological polar surface area (TPSA) is 17.1 Å². The third kappa shape index (κ3) is 2.72. The Hall–Kier alpha value is -0.590. The van der Waals surface area contributed by atoms with Crippen molar-refractivity contribution >= 4 is 5.78 Å². The van der Waals surface area contributed by atoms with Crippen molar-refractivity contribution in [1.82, 2.24) is 0 Å². The van der Waals surface area contributed by atoms with Crippen LogP contribution in [0.2, 0.25) is 0 Å². The third-order valence-corrected chi connectivity index (χ3v) is 8.71. The Morgan fingerprint density at radius 1 is 1.22 bits per heavy atom. The largest absolute Gasteiger partial charge is 0.295 e. The molecule has 132 valence electrons. The van der Waals surface area contributed by atoms with Crippen LogP contribution in [0.15, 0.2) is 12.7 Å². The average Bonchev–Trinajstić information content (AvgIpc) is 2.88. The summed E-state index contributed by atoms with van der Waals surface area (Å²) in [6, 6.07) is 0. The highest BCUT2D eigenvalue weighted by Crippen LogP contribution is 2.65. The highest BCUT2D eigenvalue weighted by Gasteiger charge is 2.56. The summed E-state index contributed by atoms with van der Waals surface area (Å²) in [6.45, 7) is 11.1. The predicted octanol–water partition coefficient (Wildman–Crippen LogP) is 6.43. The maximum Gasteiger partial charge on any atom is 0.155 e. The van der Waals surface area contributed by atoms with Crippen LogP contribution in [-0.2, 0) is 4.79 Å². The number of carbonyl (C=O) groups excluding carboxylic acids is 1. The number of rotatable bonds is 5. The van der Waals surface area contributed by atoms with E-state index >= 15 is 0 Å². The van der Waals surface area contributed by atoms with Crippen molar-refractivity contribution in [2.75, 3.05) is 0 Å². The van der Waals surface area contributed by atoms with Gasteiger partial charge < -0.3 is 0 Å². The Kier molecular flexibility index (Phi) is 4.78. The Bertz CT molecular complexity index is 473. The summed E-state index contributed by atoms with van der Waals surface area (Å²) in [5.41, 5.74) is 1.05. The number of hydrogen-bond acceptors (Lipinski definition) is 1. The molecule has 3 fully saturated rings. The summed E-state index contributed by atoms with van der Waals surface area (Å²) in [7, 11) is 0. The van der Waals surface area contributed by atoms with E-state index in [2.05, 4.69) is 27.4 Å². The van der Waals surface area contributed by atoms with E-state index < -0.39 is 0 Å². The number of allylic oxidation sites excluding steroid dienone is 1. The van der Waals surface area contributed by atoms with Crippen molar-refractivity contribution in [2.45, 2.75) is 85.0 Å². The van der Waals surface area contributed by atoms with Gasteiger partial charge in [0.1, 0.15) is 0 Å². The average molecular weight is 319 g/mol. The number of ketones is 1. The van der Waals surface area contributed by atoms with Crippen molar-refractivity contribution in [3.8, 4) is 0 Å². The molecule has 3 aliphatic carbocycles. The van der Waals surface area contributed by atoms with Crippen LogP contribution < -0.4 is 0 Å². The predicted molar refractivity (Wildman–Crippen MR) is 99.3 cm³/mol. The van der Waals surface area contributed by atoms with Gasteiger partial charge in [0.25, 0.3) is 0 Å². The zero-order chi connectivity index (χ0) is 16.7. The molecule has 1 nitrogen and oxygen atoms in total. The minimum Gasteiger partial charge on any atom is -0.295 e. The Morgan fingerprint density at radius 3 is 2.70 bits per heavy atom. The van der Waals surface area contributed by atoms with Crippen LogP contribution in [0, 0.1) is 34.5 Å². The standard InChI is InChI=1S/C22H36O.H2/c1-5-17(23)11-15-22(6-2)13-7-8-18-19-10-9-16(3)21(19,4)14-12-20(18)22;/h5,16,18-20H,1,6-15H2,2-4H3;1H/t16-,18?,19?,20?,21+,22+;/m0./s1. The number of hydrogen-bond donors (Lipinski definition) is 0. The lowest BCUT2D eigenvalue weighted by Gasteiger charge is -2.57. The maximum atomic E-state index is 11.8. The molecule has 3 saturated carbocycles. The molecule has 23 heavy (non-hydrogen) atoms. The van der Waals surface area contributed by atoms with Crippen LogP contribution in [0.25, 0.3) is 0 Å². The van der Waals surface area contributed by atoms with Gasteiger partial charge in [0.15, 0.2) is 5.78 Å². The first-order valence-corrected chi connectivity index (χ1v) is 10.1. The van der Waals surface area contributed by atoms with E-state index in [4.69, 9.17) is 0 Å². The minimum atomic E-state index is 0. The van der Waals surface area contributed by atoms with Crippen LogP contribution >= 0.6 is 0 Å². The molecule has 6 atom stereocenters. The molecule has 0 spiro atoms. The molecule has 0 amide bonds. The summed E-state index contributed by atoms with van der Waals surface area (Å²) in [6.07, 6.45) is 14.6. The first kappa shape index (κ1) is 17.2. The Balaban J connectivity index is 0.00000208. The van der Waals surface area contributed by atoms with E-state index in [-0.39, 0.29) is 7.21 Å². The van der Waals surface area contributed by atoms with E-state index in [1.165, 1.54) is 57.4 Å². The quantitative estimate of drug-likeness (QED) is 0.534. The Labute approximate surface area is 144 Å². The van der Waals surface area contributed by atoms with E-state index in [1.807, 2.05) is 0 Å². The van der Waals surface area contributed by atoms with Gasteiger partial charge in [0.2, 0.25) is 0 Å². The molecule has 0 heterocycles. The van der Waals surface area contributed by atoms with Crippen molar-refractivity contribution in [2.24, 2.45) is 34.5 Å². The number of carbonyl (C=O) groups is 1. The lowest BCUT2D eigenvalue weighted by atomic mass is 9.48. The summed E-state index contributed by atoms with van der Waals surface area (Å²) in [5.74, 6) is 3.93. The molecule has 0 aromatic carbocycles. The maximum absolute atomic E-state index is 11.8. The molecule has 0 radical (unpaired) electrons. The van der Waals surface area contributed by atoms with Gasteiger partial charge in [-0.05, 0) is 85.5 Å². The molecule has 0 aliphatic heterocycles. The molecule has 0 aromatic heterocycles. The van der Waals surface area contributed by atoms with Gasteiger partial charge in [-0.1, -0.05) is 40.2 Å². The van der Waals surface area contributed by atoms with E-state index in [9.17, 15) is 4.79 Å². The summed E-state index contributed by atoms with van der Waals surface area (Å²) < 4.78 is 0. The zero-order valence-electron chi connectivity index (χ0n) is 15.6. The van der Waals surface area contributed by atoms with E-state index in [1.54, 1.807) is 0 Å². The van der Waals surface area contributed by atoms with Crippen molar-refractivity contribution < 1.29 is 6.22 Å². The molecule has 3 aliphatic rings. The molecule has 0 aromatic rings. The van der Waals surface area contributed by atoms with Gasteiger partial charge in [-0.25, -0.2) is 0 Å². The van der Waals surface area contributed by atoms with Crippen molar-refractivity contribution in [3.05, 3.63) is 12.7 Å². The van der Waals surface area contributed by atoms with Gasteiger partial charge >= 0.3 is 0 Å². The van der Waals surface area contributed by atoms with E-state index in [0.29, 0.717) is 10.8 Å². The fourth-order valence-electron chi connectivity index (χ4n) is 6.99. The van der Waals surface area contributed by atoms with Crippen LogP contribution in [0.4, 0.5) is 0 Å². The molecule has 3 rings (SSSR count). The second-order valence-corrected chi connectivity index (χ2v) is 9.18. The molecule has 0 saturated heterocycles. The van der Waals surface area contributed by atoms with Gasteiger partial charge in [0, 0.05) is 7.85 Å². The zero-order valence-corrected chi connectivity index (χ0v) is 15.6. The lowest BCUT2D eigenvalue weighted by molar-refractivity contribution is -0.117. The smallest absolute Gasteiger partial charge is 0.155 e. The normalized spacial score (nSPS) is 46.0. The van der Waals surface area contributed by atoms with Crippen LogP contribution in [-0.4, -0.2) is 5.78 Å². The molecule has 0 bridgehead atoms. The molecule has 1 heteroatoms. The van der Waals surface area contributed by atoms with Crippen molar-refractivity contribution in [1.29, 1.82) is 0 Å². The Morgan fingerprint density at radius 2 is 2.00 bits per heavy atom. The van der Waals surface area contributed by atoms with Gasteiger partial charge in [0.05, 0.1) is 0 Å². The lowest BCUT2D eigenvalue weighted by Crippen LogP contribution is -2.49. The highest BCUT2D eigenvalue weighted by molar-refractivity contribution is 5.88. The van der Waals surface area contributed by atoms with Crippen molar-refractivity contribution in [3.63, 3.8) is 0 Å². The molecular weight excluding hydrogens is 280 g/mol. The first-order chi connectivity index (χ1) is 11.0. The van der Waals surface area contributed by atoms with Gasteiger partial charge in [-0.2, -0.15) is 0 Å². The SMILES string of the molecule is C=CC(=O)CC[C@@]1(CC)CCCC2C1CC[C@@]1(C)C2CC[C@@H]1C.[HH]. The molecular formula is C22H38O. The third-order valence-electron chi connectivity index (χ3n) is 8.71. The highest BCUT2D eigenvalue weighted by atomic mass is 16.1. The fourth-order valence-corrected chi connectivity index (χ4v) is 6.99. The second kappa shape index (κ2) is 6.37. The molecule has 0 N–H and O–H groups in total. The molecule has 3 unspecified atom stereocenters. The second-order valence-electron chi connectivity index (χ2n) is 9.18. The first-order valence-electron chi connectivity index (χ1n) is 10.1.